The van der Waals surface area contributed by atoms with Gasteiger partial charge in [0.15, 0.2) is 14.6 Å². The first-order valence-electron chi connectivity index (χ1n) is 9.27. The summed E-state index contributed by atoms with van der Waals surface area (Å²) >= 11 is 0. The fourth-order valence-electron chi connectivity index (χ4n) is 2.55. The van der Waals surface area contributed by atoms with Crippen molar-refractivity contribution < 1.29 is 18.7 Å². The van der Waals surface area contributed by atoms with Crippen LogP contribution < -0.4 is 4.74 Å². The first kappa shape index (κ1) is 22.9. The number of hydrogen-bond donors (Lipinski definition) is 0. The van der Waals surface area contributed by atoms with Gasteiger partial charge in [-0.1, -0.05) is 46.8 Å². The lowest BCUT2D eigenvalue weighted by atomic mass is 9.91. The molecule has 5 heteroatoms. The summed E-state index contributed by atoms with van der Waals surface area (Å²) in [6.07, 6.45) is 0.605. The summed E-state index contributed by atoms with van der Waals surface area (Å²) in [5.74, 6) is 0.961. The van der Waals surface area contributed by atoms with E-state index in [0.717, 1.165) is 17.6 Å². The average molecular weight is 381 g/mol. The van der Waals surface area contributed by atoms with Crippen LogP contribution in [-0.4, -0.2) is 33.4 Å². The first-order valence-corrected chi connectivity index (χ1v) is 12.2. The van der Waals surface area contributed by atoms with Gasteiger partial charge < -0.3 is 18.7 Å². The molecular weight excluding hydrogens is 344 g/mol. The molecular formula is C21H36O4Si. The molecule has 2 atom stereocenters. The normalized spacial score (nSPS) is 16.2. The molecule has 0 fully saturated rings. The van der Waals surface area contributed by atoms with E-state index in [4.69, 9.17) is 13.9 Å². The van der Waals surface area contributed by atoms with Crippen LogP contribution in [0.1, 0.15) is 47.1 Å². The highest BCUT2D eigenvalue weighted by molar-refractivity contribution is 6.74. The van der Waals surface area contributed by atoms with Gasteiger partial charge in [0.25, 0.3) is 0 Å². The predicted molar refractivity (Wildman–Crippen MR) is 109 cm³/mol. The molecule has 0 aliphatic rings. The van der Waals surface area contributed by atoms with Crippen molar-refractivity contribution in [3.8, 4) is 5.75 Å². The fourth-order valence-corrected chi connectivity index (χ4v) is 4.05. The molecule has 2 unspecified atom stereocenters. The Morgan fingerprint density at radius 3 is 2.00 bits per heavy atom. The standard InChI is InChI=1S/C21H36O4Si/c1-16(2)19(25-26(8,9)20(3,4)5)21(6,15-22)24-14-17-10-12-18(23-7)13-11-17/h10-13,15-16,19H,14H2,1-9H3. The second-order valence-corrected chi connectivity index (χ2v) is 13.7. The van der Waals surface area contributed by atoms with E-state index in [1.165, 1.54) is 0 Å². The molecule has 0 amide bonds. The molecule has 1 aromatic carbocycles. The van der Waals surface area contributed by atoms with Gasteiger partial charge in [-0.2, -0.15) is 0 Å². The summed E-state index contributed by atoms with van der Waals surface area (Å²) < 4.78 is 17.9. The Kier molecular flexibility index (Phi) is 7.63. The minimum Gasteiger partial charge on any atom is -0.497 e. The lowest BCUT2D eigenvalue weighted by molar-refractivity contribution is -0.152. The molecule has 26 heavy (non-hydrogen) atoms. The summed E-state index contributed by atoms with van der Waals surface area (Å²) in [7, 11) is -0.394. The van der Waals surface area contributed by atoms with Crippen molar-refractivity contribution in [1.82, 2.24) is 0 Å². The minimum absolute atomic E-state index is 0.0694. The zero-order valence-electron chi connectivity index (χ0n) is 17.9. The molecule has 148 valence electrons. The van der Waals surface area contributed by atoms with Crippen molar-refractivity contribution in [2.24, 2.45) is 5.92 Å². The molecule has 0 aromatic heterocycles. The number of rotatable bonds is 9. The molecule has 1 aromatic rings. The van der Waals surface area contributed by atoms with Gasteiger partial charge in [0.2, 0.25) is 0 Å². The van der Waals surface area contributed by atoms with E-state index in [0.29, 0.717) is 6.61 Å². The molecule has 0 aliphatic carbocycles. The Balaban J connectivity index is 2.98. The average Bonchev–Trinajstić information content (AvgIpc) is 2.56. The van der Waals surface area contributed by atoms with Crippen LogP contribution in [0.3, 0.4) is 0 Å². The number of aldehydes is 1. The van der Waals surface area contributed by atoms with E-state index in [1.54, 1.807) is 7.11 Å². The fraction of sp³-hybridized carbons (Fsp3) is 0.667. The Morgan fingerprint density at radius 1 is 1.08 bits per heavy atom. The minimum atomic E-state index is -2.03. The lowest BCUT2D eigenvalue weighted by Crippen LogP contribution is -2.55. The van der Waals surface area contributed by atoms with Gasteiger partial charge in [0.1, 0.15) is 11.4 Å². The van der Waals surface area contributed by atoms with Crippen LogP contribution in [0.15, 0.2) is 24.3 Å². The van der Waals surface area contributed by atoms with Gasteiger partial charge in [-0.3, -0.25) is 0 Å². The maximum absolute atomic E-state index is 12.0. The molecule has 4 nitrogen and oxygen atoms in total. The monoisotopic (exact) mass is 380 g/mol. The van der Waals surface area contributed by atoms with Crippen molar-refractivity contribution in [2.75, 3.05) is 7.11 Å². The van der Waals surface area contributed by atoms with Crippen LogP contribution in [0.4, 0.5) is 0 Å². The summed E-state index contributed by atoms with van der Waals surface area (Å²) in [4.78, 5) is 12.0. The van der Waals surface area contributed by atoms with Gasteiger partial charge in [-0.15, -0.1) is 0 Å². The zero-order valence-corrected chi connectivity index (χ0v) is 18.9. The third-order valence-corrected chi connectivity index (χ3v) is 9.80. The number of benzene rings is 1. The van der Waals surface area contributed by atoms with E-state index in [2.05, 4.69) is 47.7 Å². The summed E-state index contributed by atoms with van der Waals surface area (Å²) in [6.45, 7) is 17.4. The largest absolute Gasteiger partial charge is 0.497 e. The molecule has 1 rings (SSSR count). The van der Waals surface area contributed by atoms with Crippen LogP contribution in [-0.2, 0) is 20.6 Å². The Hall–Kier alpha value is -1.17. The van der Waals surface area contributed by atoms with E-state index in [1.807, 2.05) is 31.2 Å². The van der Waals surface area contributed by atoms with Crippen LogP contribution in [0, 0.1) is 5.92 Å². The molecule has 0 aliphatic heterocycles. The topological polar surface area (TPSA) is 44.8 Å². The van der Waals surface area contributed by atoms with Gasteiger partial charge >= 0.3 is 0 Å². The van der Waals surface area contributed by atoms with Crippen LogP contribution in [0.2, 0.25) is 18.1 Å². The molecule has 0 saturated carbocycles. The summed E-state index contributed by atoms with van der Waals surface area (Å²) in [5.41, 5.74) is -0.00224. The van der Waals surface area contributed by atoms with E-state index in [-0.39, 0.29) is 17.1 Å². The third-order valence-electron chi connectivity index (χ3n) is 5.34. The van der Waals surface area contributed by atoms with Crippen molar-refractivity contribution >= 4 is 14.6 Å². The second kappa shape index (κ2) is 8.68. The third kappa shape index (κ3) is 5.66. The lowest BCUT2D eigenvalue weighted by Gasteiger charge is -2.45. The van der Waals surface area contributed by atoms with Crippen LogP contribution in [0.25, 0.3) is 0 Å². The van der Waals surface area contributed by atoms with Crippen molar-refractivity contribution in [1.29, 1.82) is 0 Å². The zero-order chi connectivity index (χ0) is 20.2. The van der Waals surface area contributed by atoms with E-state index >= 15 is 0 Å². The summed E-state index contributed by atoms with van der Waals surface area (Å²) in [5, 5.41) is 0.0694. The van der Waals surface area contributed by atoms with Gasteiger partial charge in [-0.25, -0.2) is 0 Å². The van der Waals surface area contributed by atoms with Crippen LogP contribution in [0.5, 0.6) is 5.75 Å². The number of ether oxygens (including phenoxy) is 2. The number of carbonyl (C=O) groups excluding carboxylic acids is 1. The Bertz CT molecular complexity index is 575. The second-order valence-electron chi connectivity index (χ2n) is 8.98. The highest BCUT2D eigenvalue weighted by Gasteiger charge is 2.46. The van der Waals surface area contributed by atoms with Gasteiger partial charge in [-0.05, 0) is 48.7 Å². The van der Waals surface area contributed by atoms with Gasteiger partial charge in [0, 0.05) is 0 Å². The van der Waals surface area contributed by atoms with Crippen LogP contribution >= 0.6 is 0 Å². The van der Waals surface area contributed by atoms with Crippen molar-refractivity contribution in [3.63, 3.8) is 0 Å². The maximum Gasteiger partial charge on any atom is 0.192 e. The highest BCUT2D eigenvalue weighted by atomic mass is 28.4. The first-order chi connectivity index (χ1) is 11.9. The number of hydrogen-bond acceptors (Lipinski definition) is 4. The molecule has 0 saturated heterocycles. The van der Waals surface area contributed by atoms with Crippen molar-refractivity contribution in [2.45, 2.75) is 78.0 Å². The molecule has 0 N–H and O–H groups in total. The smallest absolute Gasteiger partial charge is 0.192 e. The molecule has 0 spiro atoms. The SMILES string of the molecule is COc1ccc(COC(C)(C=O)C(O[Si](C)(C)C(C)(C)C)C(C)C)cc1. The molecule has 0 heterocycles. The quantitative estimate of drug-likeness (QED) is 0.435. The molecule has 0 bridgehead atoms. The van der Waals surface area contributed by atoms with E-state index in [9.17, 15) is 4.79 Å². The Labute approximate surface area is 160 Å². The maximum atomic E-state index is 12.0. The van der Waals surface area contributed by atoms with Crippen molar-refractivity contribution in [3.05, 3.63) is 29.8 Å². The number of methoxy groups -OCH3 is 1. The predicted octanol–water partition coefficient (Wildman–Crippen LogP) is 5.22. The highest BCUT2D eigenvalue weighted by Crippen LogP contribution is 2.40. The number of carbonyl (C=O) groups is 1. The summed E-state index contributed by atoms with van der Waals surface area (Å²) in [6, 6.07) is 7.68. The Morgan fingerprint density at radius 2 is 1.62 bits per heavy atom. The van der Waals surface area contributed by atoms with E-state index < -0.39 is 13.9 Å². The van der Waals surface area contributed by atoms with Gasteiger partial charge in [0.05, 0.1) is 19.8 Å². The molecule has 0 radical (unpaired) electrons.